The van der Waals surface area contributed by atoms with Crippen LogP contribution in [0, 0.1) is 6.92 Å². The molecule has 198 valence electrons. The molecule has 1 N–H and O–H groups in total. The number of nitrogens with one attached hydrogen (secondary N) is 1. The number of esters is 2. The Morgan fingerprint density at radius 1 is 1.17 bits per heavy atom. The highest BCUT2D eigenvalue weighted by Crippen LogP contribution is 2.41. The van der Waals surface area contributed by atoms with Gasteiger partial charge in [0.25, 0.3) is 0 Å². The molecule has 1 aromatic carbocycles. The number of allylic oxidation sites excluding steroid dienone is 2. The zero-order valence-electron chi connectivity index (χ0n) is 22.2. The van der Waals surface area contributed by atoms with Gasteiger partial charge in [-0.25, -0.2) is 9.59 Å². The molecule has 1 saturated heterocycles. The molecule has 2 aliphatic rings. The van der Waals surface area contributed by atoms with Crippen molar-refractivity contribution in [2.45, 2.75) is 59.0 Å². The molecule has 0 unspecified atom stereocenters. The predicted molar refractivity (Wildman–Crippen MR) is 138 cm³/mol. The van der Waals surface area contributed by atoms with Crippen LogP contribution >= 0.6 is 0 Å². The van der Waals surface area contributed by atoms with Crippen LogP contribution in [-0.4, -0.2) is 75.2 Å². The Morgan fingerprint density at radius 3 is 2.56 bits per heavy atom. The maximum absolute atomic E-state index is 12.5. The van der Waals surface area contributed by atoms with Gasteiger partial charge in [0.1, 0.15) is 19.0 Å². The largest absolute Gasteiger partial charge is 0.496 e. The minimum atomic E-state index is -0.459. The zero-order chi connectivity index (χ0) is 26.2. The Kier molecular flexibility index (Phi) is 9.75. The first-order valence-corrected chi connectivity index (χ1v) is 12.6. The summed E-state index contributed by atoms with van der Waals surface area (Å²) in [6.07, 6.45) is 7.00. The van der Waals surface area contributed by atoms with Gasteiger partial charge in [-0.1, -0.05) is 18.1 Å². The Bertz CT molecular complexity index is 1010. The second-order valence-corrected chi connectivity index (χ2v) is 9.64. The number of ether oxygens (including phenoxy) is 3. The molecule has 0 saturated carbocycles. The minimum Gasteiger partial charge on any atom is -0.496 e. The number of hydrogen-bond donors (Lipinski definition) is 1. The van der Waals surface area contributed by atoms with E-state index in [0.717, 1.165) is 36.3 Å². The Hall–Kier alpha value is -3.07. The van der Waals surface area contributed by atoms with Gasteiger partial charge in [-0.3, -0.25) is 9.69 Å². The lowest BCUT2D eigenvalue weighted by Crippen LogP contribution is -2.33. The molecule has 36 heavy (non-hydrogen) atoms. The fraction of sp³-hybridized carbons (Fsp3) is 0.593. The standard InChI is InChI=1S/C27H39N3O6/c1-18(10-12-22(31)35-16-15-30-13-7-6-8-14-30)9-11-20-24(28-27(33)29(3)4)23-21(17-36-26(23)32)19(2)25(20)34-5/h9H,6-8,10-17H2,1-5H3,(H,28,33)/b18-9+. The molecule has 0 spiro atoms. The number of hydrogen-bond acceptors (Lipinski definition) is 7. The highest BCUT2D eigenvalue weighted by Gasteiger charge is 2.32. The van der Waals surface area contributed by atoms with Crippen LogP contribution in [0.1, 0.15) is 66.1 Å². The van der Waals surface area contributed by atoms with Crippen molar-refractivity contribution in [3.63, 3.8) is 0 Å². The van der Waals surface area contributed by atoms with Crippen molar-refractivity contribution in [3.8, 4) is 5.75 Å². The molecule has 0 bridgehead atoms. The molecular weight excluding hydrogens is 462 g/mol. The van der Waals surface area contributed by atoms with Crippen LogP contribution < -0.4 is 10.1 Å². The fourth-order valence-electron chi connectivity index (χ4n) is 4.63. The van der Waals surface area contributed by atoms with Gasteiger partial charge >= 0.3 is 18.0 Å². The van der Waals surface area contributed by atoms with Gasteiger partial charge in [0.05, 0.1) is 18.4 Å². The quantitative estimate of drug-likeness (QED) is 0.381. The molecule has 9 heteroatoms. The number of carbonyl (C=O) groups is 3. The highest BCUT2D eigenvalue weighted by atomic mass is 16.5. The molecule has 2 amide bonds. The number of likely N-dealkylation sites (tertiary alicyclic amines) is 1. The Morgan fingerprint density at radius 2 is 1.89 bits per heavy atom. The van der Waals surface area contributed by atoms with Crippen LogP contribution in [-0.2, 0) is 27.3 Å². The van der Waals surface area contributed by atoms with Crippen LogP contribution in [0.15, 0.2) is 11.6 Å². The summed E-state index contributed by atoms with van der Waals surface area (Å²) in [6.45, 7) is 7.38. The number of rotatable bonds is 10. The van der Waals surface area contributed by atoms with Crippen LogP contribution in [0.4, 0.5) is 10.5 Å². The number of carbonyl (C=O) groups excluding carboxylic acids is 3. The third-order valence-corrected chi connectivity index (χ3v) is 6.81. The summed E-state index contributed by atoms with van der Waals surface area (Å²) >= 11 is 0. The number of piperidine rings is 1. The molecule has 0 atom stereocenters. The lowest BCUT2D eigenvalue weighted by Gasteiger charge is -2.25. The molecule has 9 nitrogen and oxygen atoms in total. The highest BCUT2D eigenvalue weighted by molar-refractivity contribution is 6.05. The molecule has 3 rings (SSSR count). The molecule has 0 aliphatic carbocycles. The minimum absolute atomic E-state index is 0.149. The van der Waals surface area contributed by atoms with Gasteiger partial charge in [0.15, 0.2) is 0 Å². The number of anilines is 1. The van der Waals surface area contributed by atoms with E-state index in [4.69, 9.17) is 14.2 Å². The van der Waals surface area contributed by atoms with Crippen LogP contribution in [0.5, 0.6) is 5.75 Å². The third-order valence-electron chi connectivity index (χ3n) is 6.81. The van der Waals surface area contributed by atoms with E-state index in [1.165, 1.54) is 24.2 Å². The van der Waals surface area contributed by atoms with Gasteiger partial charge in [0, 0.05) is 38.2 Å². The molecule has 2 aliphatic heterocycles. The van der Waals surface area contributed by atoms with Crippen molar-refractivity contribution in [3.05, 3.63) is 33.9 Å². The van der Waals surface area contributed by atoms with E-state index >= 15 is 0 Å². The molecule has 2 heterocycles. The van der Waals surface area contributed by atoms with Crippen molar-refractivity contribution in [2.75, 3.05) is 52.8 Å². The summed E-state index contributed by atoms with van der Waals surface area (Å²) in [7, 11) is 4.84. The van der Waals surface area contributed by atoms with E-state index in [1.807, 2.05) is 19.9 Å². The van der Waals surface area contributed by atoms with Crippen molar-refractivity contribution < 1.29 is 28.6 Å². The predicted octanol–water partition coefficient (Wildman–Crippen LogP) is 4.07. The van der Waals surface area contributed by atoms with Crippen LogP contribution in [0.3, 0.4) is 0 Å². The molecular formula is C27H39N3O6. The summed E-state index contributed by atoms with van der Waals surface area (Å²) in [5.41, 5.74) is 4.04. The zero-order valence-corrected chi connectivity index (χ0v) is 22.2. The van der Waals surface area contributed by atoms with E-state index in [-0.39, 0.29) is 18.6 Å². The van der Waals surface area contributed by atoms with Crippen molar-refractivity contribution >= 4 is 23.7 Å². The normalized spacial score (nSPS) is 15.8. The maximum Gasteiger partial charge on any atom is 0.341 e. The summed E-state index contributed by atoms with van der Waals surface area (Å²) in [6, 6.07) is -0.350. The summed E-state index contributed by atoms with van der Waals surface area (Å²) in [5, 5.41) is 2.87. The first-order valence-electron chi connectivity index (χ1n) is 12.6. The van der Waals surface area contributed by atoms with E-state index < -0.39 is 5.97 Å². The van der Waals surface area contributed by atoms with E-state index in [9.17, 15) is 14.4 Å². The fourth-order valence-corrected chi connectivity index (χ4v) is 4.63. The van der Waals surface area contributed by atoms with Gasteiger partial charge < -0.3 is 24.4 Å². The van der Waals surface area contributed by atoms with Crippen LogP contribution in [0.2, 0.25) is 0 Å². The first-order chi connectivity index (χ1) is 17.2. The monoisotopic (exact) mass is 501 g/mol. The number of urea groups is 1. The molecule has 0 aromatic heterocycles. The number of benzene rings is 1. The van der Waals surface area contributed by atoms with Gasteiger partial charge in [0.2, 0.25) is 0 Å². The second kappa shape index (κ2) is 12.8. The van der Waals surface area contributed by atoms with Crippen molar-refractivity contribution in [2.24, 2.45) is 0 Å². The van der Waals surface area contributed by atoms with Gasteiger partial charge in [-0.2, -0.15) is 0 Å². The number of fused-ring (bicyclic) bond motifs is 1. The van der Waals surface area contributed by atoms with Crippen molar-refractivity contribution in [1.82, 2.24) is 9.80 Å². The lowest BCUT2D eigenvalue weighted by atomic mass is 9.93. The number of cyclic esters (lactones) is 1. The summed E-state index contributed by atoms with van der Waals surface area (Å²) in [5.74, 6) is -0.0475. The van der Waals surface area contributed by atoms with Crippen LogP contribution in [0.25, 0.3) is 0 Å². The van der Waals surface area contributed by atoms with Gasteiger partial charge in [-0.05, 0) is 58.2 Å². The Balaban J connectivity index is 1.68. The number of amides is 2. The average Bonchev–Trinajstić information content (AvgIpc) is 3.25. The molecule has 1 fully saturated rings. The van der Waals surface area contributed by atoms with E-state index in [1.54, 1.807) is 21.2 Å². The molecule has 1 aromatic rings. The number of methoxy groups -OCH3 is 1. The van der Waals surface area contributed by atoms with E-state index in [2.05, 4.69) is 10.2 Å². The molecule has 0 radical (unpaired) electrons. The summed E-state index contributed by atoms with van der Waals surface area (Å²) < 4.78 is 16.4. The topological polar surface area (TPSA) is 97.4 Å². The SMILES string of the molecule is COc1c(C)c2c(c(NC(=O)N(C)C)c1C/C=C(\C)CCC(=O)OCCN1CCCCC1)C(=O)OC2. The van der Waals surface area contributed by atoms with Crippen molar-refractivity contribution in [1.29, 1.82) is 0 Å². The smallest absolute Gasteiger partial charge is 0.341 e. The van der Waals surface area contributed by atoms with E-state index in [0.29, 0.717) is 48.4 Å². The maximum atomic E-state index is 12.5. The third kappa shape index (κ3) is 6.78. The lowest BCUT2D eigenvalue weighted by molar-refractivity contribution is -0.144. The first kappa shape index (κ1) is 27.5. The number of nitrogens with zero attached hydrogens (tertiary/aromatic N) is 2. The summed E-state index contributed by atoms with van der Waals surface area (Å²) in [4.78, 5) is 41.0. The van der Waals surface area contributed by atoms with Gasteiger partial charge in [-0.15, -0.1) is 0 Å². The Labute approximate surface area is 213 Å². The average molecular weight is 502 g/mol. The second-order valence-electron chi connectivity index (χ2n) is 9.64.